The molecule has 34 heavy (non-hydrogen) atoms. The summed E-state index contributed by atoms with van der Waals surface area (Å²) in [4.78, 5) is 41.7. The first-order chi connectivity index (χ1) is 16.4. The van der Waals surface area contributed by atoms with Crippen molar-refractivity contribution >= 4 is 29.2 Å². The number of nitrogens with zero attached hydrogens (tertiary/aromatic N) is 6. The van der Waals surface area contributed by atoms with Gasteiger partial charge in [-0.2, -0.15) is 0 Å². The number of hydrogen-bond acceptors (Lipinski definition) is 7. The summed E-state index contributed by atoms with van der Waals surface area (Å²) in [5, 5.41) is 16.6. The van der Waals surface area contributed by atoms with Crippen LogP contribution in [0.4, 0.5) is 16.2 Å². The standard InChI is InChI=1S/C23H24N8O3/c1-23(16-5-4-6-19(13-16)31-15-24-27-28-31)21(33)30(22(34)26-23)14-20(32)25-17-7-9-18(10-8-17)29-11-2-3-12-29/h4-10,13,15H,2-3,11-12,14H2,1H3,(H,25,32)(H,26,34)/t23-/m1/s1. The Morgan fingerprint density at radius 3 is 2.56 bits per heavy atom. The number of tetrazole rings is 1. The third-order valence-electron chi connectivity index (χ3n) is 6.24. The van der Waals surface area contributed by atoms with Crippen molar-refractivity contribution in [2.24, 2.45) is 0 Å². The van der Waals surface area contributed by atoms with Crippen LogP contribution in [0.15, 0.2) is 54.9 Å². The lowest BCUT2D eigenvalue weighted by molar-refractivity contribution is -0.133. The highest BCUT2D eigenvalue weighted by Gasteiger charge is 2.49. The average Bonchev–Trinajstić information content (AvgIpc) is 3.60. The van der Waals surface area contributed by atoms with E-state index in [1.165, 1.54) is 23.9 Å². The zero-order valence-corrected chi connectivity index (χ0v) is 18.6. The fourth-order valence-electron chi connectivity index (χ4n) is 4.35. The minimum absolute atomic E-state index is 0.388. The Balaban J connectivity index is 1.27. The van der Waals surface area contributed by atoms with Crippen LogP contribution in [0, 0.1) is 0 Å². The number of aromatic nitrogens is 4. The number of anilines is 2. The van der Waals surface area contributed by atoms with E-state index >= 15 is 0 Å². The zero-order valence-electron chi connectivity index (χ0n) is 18.6. The Hall–Kier alpha value is -4.28. The zero-order chi connectivity index (χ0) is 23.7. The second-order valence-electron chi connectivity index (χ2n) is 8.54. The second-order valence-corrected chi connectivity index (χ2v) is 8.54. The molecule has 0 radical (unpaired) electrons. The minimum atomic E-state index is -1.32. The predicted molar refractivity (Wildman–Crippen MR) is 123 cm³/mol. The van der Waals surface area contributed by atoms with Gasteiger partial charge in [0.2, 0.25) is 5.91 Å². The molecule has 2 N–H and O–H groups in total. The molecule has 1 atom stereocenters. The van der Waals surface area contributed by atoms with Crippen molar-refractivity contribution in [2.75, 3.05) is 29.9 Å². The Morgan fingerprint density at radius 1 is 1.09 bits per heavy atom. The summed E-state index contributed by atoms with van der Waals surface area (Å²) in [7, 11) is 0. The Kier molecular flexibility index (Phi) is 5.44. The van der Waals surface area contributed by atoms with E-state index in [2.05, 4.69) is 31.1 Å². The van der Waals surface area contributed by atoms with Gasteiger partial charge in [0.1, 0.15) is 18.4 Å². The first-order valence-electron chi connectivity index (χ1n) is 11.1. The van der Waals surface area contributed by atoms with Crippen LogP contribution in [-0.2, 0) is 15.1 Å². The van der Waals surface area contributed by atoms with Crippen LogP contribution in [0.3, 0.4) is 0 Å². The van der Waals surface area contributed by atoms with Crippen molar-refractivity contribution in [3.63, 3.8) is 0 Å². The monoisotopic (exact) mass is 460 g/mol. The molecular weight excluding hydrogens is 436 g/mol. The number of hydrogen-bond donors (Lipinski definition) is 2. The molecule has 0 spiro atoms. The van der Waals surface area contributed by atoms with Crippen molar-refractivity contribution in [3.05, 3.63) is 60.4 Å². The van der Waals surface area contributed by atoms with Gasteiger partial charge in [-0.1, -0.05) is 12.1 Å². The molecule has 2 aliphatic heterocycles. The molecule has 0 bridgehead atoms. The minimum Gasteiger partial charge on any atom is -0.372 e. The molecule has 2 aliphatic rings. The first kappa shape index (κ1) is 21.6. The van der Waals surface area contributed by atoms with Gasteiger partial charge in [0.05, 0.1) is 5.69 Å². The maximum atomic E-state index is 13.2. The molecule has 4 amide bonds. The molecule has 3 aromatic rings. The van der Waals surface area contributed by atoms with E-state index in [1.54, 1.807) is 31.2 Å². The van der Waals surface area contributed by atoms with Crippen molar-refractivity contribution in [1.29, 1.82) is 0 Å². The van der Waals surface area contributed by atoms with Gasteiger partial charge in [-0.05, 0) is 72.2 Å². The lowest BCUT2D eigenvalue weighted by atomic mass is 9.91. The van der Waals surface area contributed by atoms with Gasteiger partial charge >= 0.3 is 6.03 Å². The molecule has 1 aromatic heterocycles. The van der Waals surface area contributed by atoms with Gasteiger partial charge in [0, 0.05) is 24.5 Å². The van der Waals surface area contributed by atoms with Gasteiger partial charge in [0.25, 0.3) is 5.91 Å². The summed E-state index contributed by atoms with van der Waals surface area (Å²) in [5.74, 6) is -0.963. The van der Waals surface area contributed by atoms with Gasteiger partial charge < -0.3 is 15.5 Å². The van der Waals surface area contributed by atoms with E-state index in [4.69, 9.17) is 0 Å². The number of carbonyl (C=O) groups excluding carboxylic acids is 3. The molecule has 3 heterocycles. The third kappa shape index (κ3) is 3.96. The summed E-state index contributed by atoms with van der Waals surface area (Å²) in [5.41, 5.74) is 1.60. The molecule has 11 heteroatoms. The van der Waals surface area contributed by atoms with Crippen molar-refractivity contribution in [2.45, 2.75) is 25.3 Å². The molecule has 0 aliphatic carbocycles. The van der Waals surface area contributed by atoms with E-state index in [1.807, 2.05) is 24.3 Å². The van der Waals surface area contributed by atoms with Crippen molar-refractivity contribution < 1.29 is 14.4 Å². The van der Waals surface area contributed by atoms with E-state index in [9.17, 15) is 14.4 Å². The van der Waals surface area contributed by atoms with Crippen LogP contribution < -0.4 is 15.5 Å². The molecule has 2 saturated heterocycles. The molecule has 174 valence electrons. The van der Waals surface area contributed by atoms with Gasteiger partial charge in [-0.25, -0.2) is 9.48 Å². The number of rotatable bonds is 6. The summed E-state index contributed by atoms with van der Waals surface area (Å²) >= 11 is 0. The Bertz CT molecular complexity index is 1220. The van der Waals surface area contributed by atoms with Gasteiger partial charge in [-0.15, -0.1) is 5.10 Å². The Labute approximate surface area is 195 Å². The topological polar surface area (TPSA) is 125 Å². The fraction of sp³-hybridized carbons (Fsp3) is 0.304. The number of carbonyl (C=O) groups is 3. The highest BCUT2D eigenvalue weighted by atomic mass is 16.2. The smallest absolute Gasteiger partial charge is 0.325 e. The van der Waals surface area contributed by atoms with Crippen molar-refractivity contribution in [1.82, 2.24) is 30.4 Å². The molecule has 11 nitrogen and oxygen atoms in total. The third-order valence-corrected chi connectivity index (χ3v) is 6.24. The van der Waals surface area contributed by atoms with Crippen LogP contribution in [0.1, 0.15) is 25.3 Å². The highest BCUT2D eigenvalue weighted by molar-refractivity contribution is 6.10. The largest absolute Gasteiger partial charge is 0.372 e. The van der Waals surface area contributed by atoms with E-state index in [0.717, 1.165) is 23.7 Å². The molecule has 0 unspecified atom stereocenters. The van der Waals surface area contributed by atoms with Crippen LogP contribution in [-0.4, -0.2) is 62.6 Å². The fourth-order valence-corrected chi connectivity index (χ4v) is 4.35. The number of amides is 4. The molecule has 2 aromatic carbocycles. The molecule has 2 fully saturated rings. The number of urea groups is 1. The summed E-state index contributed by atoms with van der Waals surface area (Å²) in [6, 6.07) is 13.9. The van der Waals surface area contributed by atoms with E-state index in [0.29, 0.717) is 16.9 Å². The number of imide groups is 1. The van der Waals surface area contributed by atoms with Crippen molar-refractivity contribution in [3.8, 4) is 5.69 Å². The second kappa shape index (κ2) is 8.58. The molecule has 0 saturated carbocycles. The quantitative estimate of drug-likeness (QED) is 0.536. The summed E-state index contributed by atoms with van der Waals surface area (Å²) in [6.45, 7) is 3.30. The normalized spacial score (nSPS) is 20.0. The lowest BCUT2D eigenvalue weighted by Crippen LogP contribution is -2.42. The van der Waals surface area contributed by atoms with E-state index in [-0.39, 0.29) is 6.54 Å². The SMILES string of the molecule is C[C@]1(c2cccc(-n3cnnn3)c2)NC(=O)N(CC(=O)Nc2ccc(N3CCCC3)cc2)C1=O. The number of nitrogens with one attached hydrogen (secondary N) is 2. The molecular formula is C23H24N8O3. The number of benzene rings is 2. The van der Waals surface area contributed by atoms with Crippen LogP contribution >= 0.6 is 0 Å². The predicted octanol–water partition coefficient (Wildman–Crippen LogP) is 1.67. The Morgan fingerprint density at radius 2 is 1.85 bits per heavy atom. The summed E-state index contributed by atoms with van der Waals surface area (Å²) in [6.07, 6.45) is 3.81. The van der Waals surface area contributed by atoms with Crippen LogP contribution in [0.2, 0.25) is 0 Å². The van der Waals surface area contributed by atoms with Gasteiger partial charge in [0.15, 0.2) is 0 Å². The van der Waals surface area contributed by atoms with Crippen LogP contribution in [0.5, 0.6) is 0 Å². The van der Waals surface area contributed by atoms with Crippen LogP contribution in [0.25, 0.3) is 5.69 Å². The highest BCUT2D eigenvalue weighted by Crippen LogP contribution is 2.30. The van der Waals surface area contributed by atoms with Gasteiger partial charge in [-0.3, -0.25) is 14.5 Å². The molecule has 5 rings (SSSR count). The maximum Gasteiger partial charge on any atom is 0.325 e. The van der Waals surface area contributed by atoms with E-state index < -0.39 is 23.4 Å². The average molecular weight is 460 g/mol. The first-order valence-corrected chi connectivity index (χ1v) is 11.1. The maximum absolute atomic E-state index is 13.2. The summed E-state index contributed by atoms with van der Waals surface area (Å²) < 4.78 is 1.45. The lowest BCUT2D eigenvalue weighted by Gasteiger charge is -2.22.